The van der Waals surface area contributed by atoms with Crippen LogP contribution in [0.5, 0.6) is 11.5 Å². The molecule has 0 heterocycles. The van der Waals surface area contributed by atoms with Gasteiger partial charge >= 0.3 is 15.2 Å². The number of benzene rings is 1. The van der Waals surface area contributed by atoms with Gasteiger partial charge < -0.3 is 9.05 Å². The molecule has 194 valence electrons. The maximum atomic E-state index is 13.2. The Labute approximate surface area is 206 Å². The van der Waals surface area contributed by atoms with Crippen LogP contribution in [0.15, 0.2) is 23.8 Å². The minimum absolute atomic E-state index is 0.0146. The molecule has 0 aromatic heterocycles. The second-order valence-corrected chi connectivity index (χ2v) is 13.3. The Bertz CT molecular complexity index is 860. The molecule has 0 N–H and O–H groups in total. The van der Waals surface area contributed by atoms with Crippen molar-refractivity contribution in [3.05, 3.63) is 34.9 Å². The first-order valence-corrected chi connectivity index (χ1v) is 16.8. The fourth-order valence-corrected chi connectivity index (χ4v) is 6.31. The molecule has 1 aliphatic rings. The van der Waals surface area contributed by atoms with Gasteiger partial charge in [0, 0.05) is 24.8 Å². The highest BCUT2D eigenvalue weighted by Gasteiger charge is 2.30. The van der Waals surface area contributed by atoms with Crippen LogP contribution < -0.4 is 9.05 Å². The van der Waals surface area contributed by atoms with E-state index < -0.39 is 15.2 Å². The summed E-state index contributed by atoms with van der Waals surface area (Å²) in [5.74, 6) is 1.01. The van der Waals surface area contributed by atoms with E-state index in [0.717, 1.165) is 68.9 Å². The third kappa shape index (κ3) is 9.53. The minimum Gasteiger partial charge on any atom is -0.424 e. The van der Waals surface area contributed by atoms with E-state index in [-0.39, 0.29) is 5.92 Å². The maximum absolute atomic E-state index is 13.2. The molecule has 1 aliphatic carbocycles. The van der Waals surface area contributed by atoms with Crippen molar-refractivity contribution in [3.8, 4) is 11.5 Å². The molecule has 34 heavy (non-hydrogen) atoms. The normalized spacial score (nSPS) is 19.7. The fraction of sp³-hybridized carbons (Fsp3) is 0.692. The summed E-state index contributed by atoms with van der Waals surface area (Å²) in [5.41, 5.74) is 3.08. The average molecular weight is 515 g/mol. The van der Waals surface area contributed by atoms with E-state index >= 15 is 0 Å². The van der Waals surface area contributed by atoms with Crippen molar-refractivity contribution < 1.29 is 27.2 Å². The van der Waals surface area contributed by atoms with Crippen LogP contribution in [0.2, 0.25) is 0 Å². The van der Waals surface area contributed by atoms with E-state index in [0.29, 0.717) is 24.7 Å². The van der Waals surface area contributed by atoms with Gasteiger partial charge in [0.05, 0.1) is 13.2 Å². The molecule has 1 aromatic rings. The molecule has 0 radical (unpaired) electrons. The van der Waals surface area contributed by atoms with Gasteiger partial charge in [-0.2, -0.15) is 0 Å². The molecule has 0 bridgehead atoms. The summed E-state index contributed by atoms with van der Waals surface area (Å²) >= 11 is 0. The largest absolute Gasteiger partial charge is 0.424 e. The van der Waals surface area contributed by atoms with Gasteiger partial charge in [-0.05, 0) is 69.6 Å². The molecule has 0 saturated heterocycles. The molecule has 8 heteroatoms. The van der Waals surface area contributed by atoms with Crippen LogP contribution in [0.4, 0.5) is 0 Å². The zero-order chi connectivity index (χ0) is 25.2. The van der Waals surface area contributed by atoms with Gasteiger partial charge in [-0.1, -0.05) is 45.3 Å². The van der Waals surface area contributed by atoms with Crippen molar-refractivity contribution in [3.63, 3.8) is 0 Å². The Kier molecular flexibility index (Phi) is 11.9. The van der Waals surface area contributed by atoms with E-state index in [1.165, 1.54) is 18.9 Å². The lowest BCUT2D eigenvalue weighted by molar-refractivity contribution is 0.266. The van der Waals surface area contributed by atoms with Crippen LogP contribution in [-0.2, 0) is 24.6 Å². The molecule has 6 nitrogen and oxygen atoms in total. The summed E-state index contributed by atoms with van der Waals surface area (Å²) < 4.78 is 49.7. The number of hydrogen-bond acceptors (Lipinski definition) is 6. The SMILES string of the molecule is CCCCCc1cc(OP(C)(=O)OCCC)c(C2C=C(C)CCC2)c(OP(C)(=O)OCCC)c1. The lowest BCUT2D eigenvalue weighted by Crippen LogP contribution is -2.09. The van der Waals surface area contributed by atoms with Crippen molar-refractivity contribution >= 4 is 15.2 Å². The Balaban J connectivity index is 2.59. The predicted octanol–water partition coefficient (Wildman–Crippen LogP) is 8.89. The molecule has 3 unspecified atom stereocenters. The number of allylic oxidation sites excluding steroid dienone is 2. The standard InChI is InChI=1S/C26H44O6P2/c1-7-10-11-14-22-19-24(31-33(5,27)29-16-8-2)26(23-15-12-13-21(4)18-23)25(20-22)32-34(6,28)30-17-9-3/h18-20,23H,7-17H2,1-6H3. The fourth-order valence-electron chi connectivity index (χ4n) is 4.16. The number of unbranched alkanes of at least 4 members (excludes halogenated alkanes) is 2. The zero-order valence-electron chi connectivity index (χ0n) is 21.9. The highest BCUT2D eigenvalue weighted by atomic mass is 31.2. The topological polar surface area (TPSA) is 71.1 Å². The lowest BCUT2D eigenvalue weighted by Gasteiger charge is -2.28. The van der Waals surface area contributed by atoms with E-state index in [2.05, 4.69) is 19.9 Å². The molecule has 3 atom stereocenters. The quantitative estimate of drug-likeness (QED) is 0.132. The van der Waals surface area contributed by atoms with Crippen LogP contribution in [0, 0.1) is 0 Å². The Morgan fingerprint density at radius 2 is 1.44 bits per heavy atom. The van der Waals surface area contributed by atoms with E-state index in [9.17, 15) is 9.13 Å². The first-order chi connectivity index (χ1) is 16.1. The highest BCUT2D eigenvalue weighted by Crippen LogP contribution is 2.54. The van der Waals surface area contributed by atoms with Crippen LogP contribution in [0.25, 0.3) is 0 Å². The summed E-state index contributed by atoms with van der Waals surface area (Å²) in [5, 5.41) is 0. The molecular weight excluding hydrogens is 470 g/mol. The summed E-state index contributed by atoms with van der Waals surface area (Å²) in [7, 11) is -6.68. The average Bonchev–Trinajstić information content (AvgIpc) is 2.76. The molecule has 0 aliphatic heterocycles. The summed E-state index contributed by atoms with van der Waals surface area (Å²) in [4.78, 5) is 0. The van der Waals surface area contributed by atoms with E-state index in [1.54, 1.807) is 0 Å². The van der Waals surface area contributed by atoms with Crippen LogP contribution >= 0.6 is 15.2 Å². The Morgan fingerprint density at radius 1 is 0.882 bits per heavy atom. The second kappa shape index (κ2) is 13.9. The minimum atomic E-state index is -3.34. The van der Waals surface area contributed by atoms with Crippen LogP contribution in [-0.4, -0.2) is 26.5 Å². The summed E-state index contributed by atoms with van der Waals surface area (Å²) in [6.45, 7) is 12.0. The van der Waals surface area contributed by atoms with Gasteiger partial charge in [0.25, 0.3) is 0 Å². The second-order valence-electron chi connectivity index (χ2n) is 9.37. The van der Waals surface area contributed by atoms with Gasteiger partial charge in [-0.25, -0.2) is 9.13 Å². The smallest absolute Gasteiger partial charge is 0.376 e. The monoisotopic (exact) mass is 514 g/mol. The van der Waals surface area contributed by atoms with Crippen LogP contribution in [0.1, 0.15) is 96.1 Å². The molecule has 2 rings (SSSR count). The lowest BCUT2D eigenvalue weighted by atomic mass is 9.84. The predicted molar refractivity (Wildman–Crippen MR) is 141 cm³/mol. The van der Waals surface area contributed by atoms with Crippen molar-refractivity contribution in [2.45, 2.75) is 91.4 Å². The third-order valence-corrected chi connectivity index (χ3v) is 8.12. The molecule has 0 fully saturated rings. The third-order valence-electron chi connectivity index (χ3n) is 5.76. The van der Waals surface area contributed by atoms with Crippen LogP contribution in [0.3, 0.4) is 0 Å². The number of rotatable bonds is 15. The zero-order valence-corrected chi connectivity index (χ0v) is 23.7. The summed E-state index contributed by atoms with van der Waals surface area (Å²) in [6, 6.07) is 3.93. The summed E-state index contributed by atoms with van der Waals surface area (Å²) in [6.07, 6.45) is 10.8. The van der Waals surface area contributed by atoms with Crippen molar-refractivity contribution in [2.24, 2.45) is 0 Å². The Morgan fingerprint density at radius 3 is 1.91 bits per heavy atom. The van der Waals surface area contributed by atoms with Gasteiger partial charge in [0.2, 0.25) is 0 Å². The maximum Gasteiger partial charge on any atom is 0.376 e. The van der Waals surface area contributed by atoms with E-state index in [4.69, 9.17) is 18.1 Å². The van der Waals surface area contributed by atoms with Crippen molar-refractivity contribution in [2.75, 3.05) is 26.5 Å². The molecule has 0 amide bonds. The van der Waals surface area contributed by atoms with Gasteiger partial charge in [-0.15, -0.1) is 0 Å². The van der Waals surface area contributed by atoms with Gasteiger partial charge in [-0.3, -0.25) is 9.05 Å². The van der Waals surface area contributed by atoms with Gasteiger partial charge in [0.15, 0.2) is 0 Å². The molecule has 1 aromatic carbocycles. The van der Waals surface area contributed by atoms with Gasteiger partial charge in [0.1, 0.15) is 11.5 Å². The first-order valence-electron chi connectivity index (χ1n) is 12.8. The number of hydrogen-bond donors (Lipinski definition) is 0. The molecular formula is C26H44O6P2. The first kappa shape index (κ1) is 29.2. The number of aryl methyl sites for hydroxylation is 1. The van der Waals surface area contributed by atoms with Crippen molar-refractivity contribution in [1.29, 1.82) is 0 Å². The molecule has 0 saturated carbocycles. The van der Waals surface area contributed by atoms with Crippen molar-refractivity contribution in [1.82, 2.24) is 0 Å². The molecule has 0 spiro atoms. The highest BCUT2D eigenvalue weighted by molar-refractivity contribution is 7.53. The van der Waals surface area contributed by atoms with E-state index in [1.807, 2.05) is 26.0 Å². The Hall–Kier alpha value is -1.06.